The molecule has 7 nitrogen and oxygen atoms in total. The lowest BCUT2D eigenvalue weighted by molar-refractivity contribution is -0.140. The van der Waals surface area contributed by atoms with Gasteiger partial charge in [-0.05, 0) is 69.0 Å². The summed E-state index contributed by atoms with van der Waals surface area (Å²) in [5.41, 5.74) is 3.23. The maximum absolute atomic E-state index is 14.1. The third-order valence-corrected chi connectivity index (χ3v) is 8.71. The molecule has 2 amide bonds. The quantitative estimate of drug-likeness (QED) is 0.336. The van der Waals surface area contributed by atoms with E-state index in [4.69, 9.17) is 0 Å². The largest absolute Gasteiger partial charge is 0.352 e. The third-order valence-electron chi connectivity index (χ3n) is 6.92. The van der Waals surface area contributed by atoms with E-state index in [-0.39, 0.29) is 23.4 Å². The first kappa shape index (κ1) is 29.9. The Morgan fingerprint density at radius 2 is 1.46 bits per heavy atom. The molecule has 0 aromatic heterocycles. The minimum Gasteiger partial charge on any atom is -0.352 e. The summed E-state index contributed by atoms with van der Waals surface area (Å²) in [5, 5.41) is 3.00. The van der Waals surface area contributed by atoms with Gasteiger partial charge in [-0.1, -0.05) is 74.0 Å². The normalized spacial score (nSPS) is 12.8. The maximum atomic E-state index is 14.1. The molecule has 2 atom stereocenters. The van der Waals surface area contributed by atoms with Gasteiger partial charge in [0.1, 0.15) is 12.6 Å². The number of carbonyl (C=O) groups is 2. The van der Waals surface area contributed by atoms with E-state index >= 15 is 0 Å². The molecule has 0 radical (unpaired) electrons. The van der Waals surface area contributed by atoms with E-state index in [9.17, 15) is 18.0 Å². The van der Waals surface area contributed by atoms with Gasteiger partial charge in [-0.25, -0.2) is 8.42 Å². The molecular weight excluding hydrogens is 510 g/mol. The lowest BCUT2D eigenvalue weighted by Crippen LogP contribution is -2.53. The number of hydrogen-bond donors (Lipinski definition) is 1. The van der Waals surface area contributed by atoms with E-state index in [0.29, 0.717) is 12.1 Å². The van der Waals surface area contributed by atoms with Crippen LogP contribution in [0.4, 0.5) is 5.69 Å². The molecule has 0 bridgehead atoms. The van der Waals surface area contributed by atoms with Crippen molar-refractivity contribution in [1.29, 1.82) is 0 Å². The van der Waals surface area contributed by atoms with Gasteiger partial charge in [-0.15, -0.1) is 0 Å². The van der Waals surface area contributed by atoms with E-state index in [1.165, 1.54) is 17.0 Å². The summed E-state index contributed by atoms with van der Waals surface area (Å²) in [6, 6.07) is 22.0. The summed E-state index contributed by atoms with van der Waals surface area (Å²) in [6.45, 7) is 9.37. The van der Waals surface area contributed by atoms with Crippen molar-refractivity contribution in [3.8, 4) is 0 Å². The number of benzene rings is 3. The third kappa shape index (κ3) is 7.47. The standard InChI is InChI=1S/C31H39N3O4S/c1-6-25(5)32-31(36)29(7-2)33(21-26-14-12-11-13-24(26)4)30(35)22-34(27-19-17-23(3)18-20-27)39(37,38)28-15-9-8-10-16-28/h8-20,25,29H,6-7,21-22H2,1-5H3,(H,32,36)/t25-,29-/m0/s1. The summed E-state index contributed by atoms with van der Waals surface area (Å²) < 4.78 is 28.8. The Morgan fingerprint density at radius 3 is 2.05 bits per heavy atom. The highest BCUT2D eigenvalue weighted by molar-refractivity contribution is 7.92. The minimum absolute atomic E-state index is 0.0514. The van der Waals surface area contributed by atoms with Crippen molar-refractivity contribution in [2.45, 2.75) is 71.0 Å². The average Bonchev–Trinajstić information content (AvgIpc) is 2.93. The number of nitrogens with one attached hydrogen (secondary N) is 1. The van der Waals surface area contributed by atoms with Crippen molar-refractivity contribution < 1.29 is 18.0 Å². The predicted molar refractivity (Wildman–Crippen MR) is 156 cm³/mol. The number of rotatable bonds is 12. The van der Waals surface area contributed by atoms with Gasteiger partial charge >= 0.3 is 0 Å². The van der Waals surface area contributed by atoms with Crippen LogP contribution in [0, 0.1) is 13.8 Å². The Morgan fingerprint density at radius 1 is 0.846 bits per heavy atom. The van der Waals surface area contributed by atoms with Crippen molar-refractivity contribution in [3.63, 3.8) is 0 Å². The smallest absolute Gasteiger partial charge is 0.264 e. The summed E-state index contributed by atoms with van der Waals surface area (Å²) in [7, 11) is -4.07. The van der Waals surface area contributed by atoms with Crippen LogP contribution in [0.15, 0.2) is 83.8 Å². The van der Waals surface area contributed by atoms with Gasteiger partial charge in [0, 0.05) is 12.6 Å². The van der Waals surface area contributed by atoms with Crippen LogP contribution in [0.3, 0.4) is 0 Å². The fraction of sp³-hybridized carbons (Fsp3) is 0.355. The second kappa shape index (κ2) is 13.4. The summed E-state index contributed by atoms with van der Waals surface area (Å²) in [4.78, 5) is 29.0. The highest BCUT2D eigenvalue weighted by Crippen LogP contribution is 2.25. The van der Waals surface area contributed by atoms with E-state index in [1.807, 2.05) is 71.0 Å². The van der Waals surface area contributed by atoms with Crippen LogP contribution < -0.4 is 9.62 Å². The van der Waals surface area contributed by atoms with Crippen LogP contribution in [0.25, 0.3) is 0 Å². The number of nitrogens with zero attached hydrogens (tertiary/aromatic N) is 2. The highest BCUT2D eigenvalue weighted by atomic mass is 32.2. The van der Waals surface area contributed by atoms with Gasteiger partial charge < -0.3 is 10.2 Å². The molecule has 0 saturated heterocycles. The first-order valence-corrected chi connectivity index (χ1v) is 14.8. The van der Waals surface area contributed by atoms with Crippen molar-refractivity contribution in [1.82, 2.24) is 10.2 Å². The van der Waals surface area contributed by atoms with Gasteiger partial charge in [0.25, 0.3) is 10.0 Å². The van der Waals surface area contributed by atoms with Crippen LogP contribution in [-0.4, -0.2) is 43.8 Å². The zero-order valence-electron chi connectivity index (χ0n) is 23.4. The Bertz CT molecular complexity index is 1360. The Kier molecular flexibility index (Phi) is 10.3. The molecule has 8 heteroatoms. The van der Waals surface area contributed by atoms with E-state index < -0.39 is 28.5 Å². The first-order chi connectivity index (χ1) is 18.6. The molecule has 0 fully saturated rings. The Balaban J connectivity index is 2.05. The van der Waals surface area contributed by atoms with E-state index in [2.05, 4.69) is 5.32 Å². The number of hydrogen-bond acceptors (Lipinski definition) is 4. The number of aryl methyl sites for hydroxylation is 2. The lowest BCUT2D eigenvalue weighted by atomic mass is 10.1. The van der Waals surface area contributed by atoms with Gasteiger partial charge in [0.15, 0.2) is 0 Å². The fourth-order valence-electron chi connectivity index (χ4n) is 4.29. The predicted octanol–water partition coefficient (Wildman–Crippen LogP) is 5.22. The van der Waals surface area contributed by atoms with E-state index in [0.717, 1.165) is 27.4 Å². The van der Waals surface area contributed by atoms with Gasteiger partial charge in [0.2, 0.25) is 11.8 Å². The zero-order valence-corrected chi connectivity index (χ0v) is 24.2. The topological polar surface area (TPSA) is 86.8 Å². The molecule has 208 valence electrons. The molecule has 39 heavy (non-hydrogen) atoms. The van der Waals surface area contributed by atoms with Crippen LogP contribution in [0.5, 0.6) is 0 Å². The number of sulfonamides is 1. The van der Waals surface area contributed by atoms with Crippen molar-refractivity contribution >= 4 is 27.5 Å². The SMILES string of the molecule is CC[C@H](C)NC(=O)[C@H](CC)N(Cc1ccccc1C)C(=O)CN(c1ccc(C)cc1)S(=O)(=O)c1ccccc1. The van der Waals surface area contributed by atoms with Crippen LogP contribution in [0.1, 0.15) is 50.3 Å². The number of amides is 2. The Labute approximate surface area is 232 Å². The molecule has 3 aromatic rings. The first-order valence-electron chi connectivity index (χ1n) is 13.4. The molecule has 0 saturated carbocycles. The minimum atomic E-state index is -4.07. The van der Waals surface area contributed by atoms with Gasteiger partial charge in [-0.2, -0.15) is 0 Å². The number of carbonyl (C=O) groups excluding carboxylic acids is 2. The molecule has 0 aliphatic heterocycles. The van der Waals surface area contributed by atoms with Gasteiger partial charge in [-0.3, -0.25) is 13.9 Å². The van der Waals surface area contributed by atoms with Crippen LogP contribution in [-0.2, 0) is 26.2 Å². The molecule has 0 aliphatic carbocycles. The zero-order chi connectivity index (χ0) is 28.6. The fourth-order valence-corrected chi connectivity index (χ4v) is 5.73. The molecule has 0 unspecified atom stereocenters. The molecule has 0 heterocycles. The molecule has 0 spiro atoms. The second-order valence-corrected chi connectivity index (χ2v) is 11.7. The maximum Gasteiger partial charge on any atom is 0.264 e. The van der Waals surface area contributed by atoms with Crippen molar-refractivity contribution in [3.05, 3.63) is 95.6 Å². The summed E-state index contributed by atoms with van der Waals surface area (Å²) in [5.74, 6) is -0.703. The summed E-state index contributed by atoms with van der Waals surface area (Å²) >= 11 is 0. The molecule has 3 rings (SSSR count). The monoisotopic (exact) mass is 549 g/mol. The number of anilines is 1. The molecular formula is C31H39N3O4S. The molecule has 1 N–H and O–H groups in total. The lowest BCUT2D eigenvalue weighted by Gasteiger charge is -2.34. The van der Waals surface area contributed by atoms with Crippen molar-refractivity contribution in [2.75, 3.05) is 10.8 Å². The molecule has 3 aromatic carbocycles. The van der Waals surface area contributed by atoms with E-state index in [1.54, 1.807) is 30.3 Å². The summed E-state index contributed by atoms with van der Waals surface area (Å²) in [6.07, 6.45) is 1.14. The average molecular weight is 550 g/mol. The van der Waals surface area contributed by atoms with Crippen molar-refractivity contribution in [2.24, 2.45) is 0 Å². The van der Waals surface area contributed by atoms with Crippen LogP contribution >= 0.6 is 0 Å². The Hall–Kier alpha value is -3.65. The molecule has 0 aliphatic rings. The van der Waals surface area contributed by atoms with Crippen LogP contribution in [0.2, 0.25) is 0 Å². The van der Waals surface area contributed by atoms with Gasteiger partial charge in [0.05, 0.1) is 10.6 Å². The second-order valence-electron chi connectivity index (χ2n) is 9.85. The highest BCUT2D eigenvalue weighted by Gasteiger charge is 2.34.